The van der Waals surface area contributed by atoms with Gasteiger partial charge in [0.25, 0.3) is 0 Å². The molecule has 0 aliphatic rings. The lowest BCUT2D eigenvalue weighted by Crippen LogP contribution is -2.12. The molecule has 2 atom stereocenters. The summed E-state index contributed by atoms with van der Waals surface area (Å²) in [4.78, 5) is 16.1. The highest BCUT2D eigenvalue weighted by Crippen LogP contribution is 2.37. The van der Waals surface area contributed by atoms with Crippen molar-refractivity contribution in [1.82, 2.24) is 0 Å². The van der Waals surface area contributed by atoms with E-state index < -0.39 is 24.3 Å². The lowest BCUT2D eigenvalue weighted by atomic mass is 10.9. The van der Waals surface area contributed by atoms with E-state index in [4.69, 9.17) is 9.79 Å². The highest BCUT2D eigenvalue weighted by Gasteiger charge is 2.18. The Hall–Kier alpha value is 0.220. The van der Waals surface area contributed by atoms with Crippen molar-refractivity contribution in [3.8, 4) is 0 Å². The molecule has 0 rings (SSSR count). The van der Waals surface area contributed by atoms with Crippen molar-refractivity contribution in [1.29, 1.82) is 0 Å². The van der Waals surface area contributed by atoms with E-state index in [1.807, 2.05) is 0 Å². The Kier molecular flexibility index (Phi) is 3.64. The van der Waals surface area contributed by atoms with Crippen molar-refractivity contribution in [2.75, 3.05) is 0 Å². The summed E-state index contributed by atoms with van der Waals surface area (Å²) in [6.07, 6.45) is 0. The first kappa shape index (κ1) is 10.2. The van der Waals surface area contributed by atoms with Crippen LogP contribution in [0.5, 0.6) is 0 Å². The first-order valence-electron chi connectivity index (χ1n) is 2.15. The number of phosphoric acid groups is 1. The van der Waals surface area contributed by atoms with Gasteiger partial charge < -0.3 is 14.3 Å². The summed E-state index contributed by atoms with van der Waals surface area (Å²) in [5.41, 5.74) is -1.49. The predicted octanol–water partition coefficient (Wildman–Crippen LogP) is -0.679. The fraction of sp³-hybridized carbons (Fsp3) is 1.00. The predicted molar refractivity (Wildman–Crippen MR) is 31.5 cm³/mol. The molecule has 0 aliphatic heterocycles. The maximum Gasteiger partial charge on any atom is 0.470 e. The van der Waals surface area contributed by atoms with Gasteiger partial charge >= 0.3 is 7.82 Å². The summed E-state index contributed by atoms with van der Waals surface area (Å²) < 4.78 is 33.5. The average Bonchev–Trinajstić information content (AvgIpc) is 1.60. The molecule has 0 aliphatic carbocycles. The van der Waals surface area contributed by atoms with E-state index in [1.54, 1.807) is 0 Å². The van der Waals surface area contributed by atoms with E-state index in [1.165, 1.54) is 0 Å². The van der Waals surface area contributed by atoms with Crippen LogP contribution in [0.25, 0.3) is 0 Å². The number of rotatable bonds is 3. The van der Waals surface area contributed by atoms with E-state index in [0.717, 1.165) is 6.92 Å². The van der Waals surface area contributed by atoms with Crippen molar-refractivity contribution in [2.45, 2.75) is 12.4 Å². The van der Waals surface area contributed by atoms with Crippen LogP contribution in [-0.2, 0) is 20.2 Å². The number of hydrogen-bond acceptors (Lipinski definition) is 4. The molecule has 0 aromatic heterocycles. The molecule has 10 heavy (non-hydrogen) atoms. The van der Waals surface area contributed by atoms with Crippen LogP contribution in [0.15, 0.2) is 0 Å². The average molecular weight is 189 g/mol. The lowest BCUT2D eigenvalue weighted by molar-refractivity contribution is 0.183. The van der Waals surface area contributed by atoms with E-state index in [2.05, 4.69) is 4.52 Å². The summed E-state index contributed by atoms with van der Waals surface area (Å²) in [7, 11) is -4.67. The van der Waals surface area contributed by atoms with Crippen molar-refractivity contribution in [2.24, 2.45) is 0 Å². The van der Waals surface area contributed by atoms with Crippen LogP contribution in [0, 0.1) is 0 Å². The Morgan fingerprint density at radius 2 is 2.10 bits per heavy atom. The van der Waals surface area contributed by atoms with Crippen molar-refractivity contribution in [3.05, 3.63) is 0 Å². The first-order chi connectivity index (χ1) is 4.33. The van der Waals surface area contributed by atoms with E-state index in [9.17, 15) is 13.3 Å². The van der Waals surface area contributed by atoms with Gasteiger partial charge in [0, 0.05) is 0 Å². The molecule has 2 unspecified atom stereocenters. The summed E-state index contributed by atoms with van der Waals surface area (Å²) >= 11 is -2.62. The highest BCUT2D eigenvalue weighted by molar-refractivity contribution is 7.79. The molecular formula is C2H6O6PS-. The van der Waals surface area contributed by atoms with Crippen LogP contribution in [0.3, 0.4) is 0 Å². The SMILES string of the molecule is CC(OP(=O)(O)O)S(=O)[O-]. The van der Waals surface area contributed by atoms with Crippen molar-refractivity contribution < 1.29 is 27.6 Å². The van der Waals surface area contributed by atoms with Gasteiger partial charge in [0.1, 0.15) is 5.44 Å². The monoisotopic (exact) mass is 189 g/mol. The van der Waals surface area contributed by atoms with Crippen molar-refractivity contribution >= 4 is 18.9 Å². The van der Waals surface area contributed by atoms with Gasteiger partial charge in [-0.05, 0) is 18.0 Å². The highest BCUT2D eigenvalue weighted by atomic mass is 32.2. The zero-order valence-corrected chi connectivity index (χ0v) is 6.67. The third-order valence-corrected chi connectivity index (χ3v) is 1.93. The molecule has 8 heteroatoms. The van der Waals surface area contributed by atoms with Gasteiger partial charge in [0.2, 0.25) is 0 Å². The fourth-order valence-corrected chi connectivity index (χ4v) is 1.23. The molecular weight excluding hydrogens is 183 g/mol. The summed E-state index contributed by atoms with van der Waals surface area (Å²) in [5.74, 6) is 0. The molecule has 0 amide bonds. The van der Waals surface area contributed by atoms with Crippen LogP contribution in [-0.4, -0.2) is 24.0 Å². The standard InChI is InChI=1S/C2H7O6PS/c1-2(10(6)7)8-9(3,4)5/h2H,1H3,(H,6,7)(H2,3,4,5)/p-1. The maximum absolute atomic E-state index is 9.94. The largest absolute Gasteiger partial charge is 0.770 e. The summed E-state index contributed by atoms with van der Waals surface area (Å²) in [6, 6.07) is 0. The van der Waals surface area contributed by atoms with Gasteiger partial charge in [-0.15, -0.1) is 0 Å². The molecule has 0 heterocycles. The minimum absolute atomic E-state index is 1.02. The van der Waals surface area contributed by atoms with E-state index >= 15 is 0 Å². The Bertz CT molecular complexity index is 173. The Balaban J connectivity index is 3.93. The van der Waals surface area contributed by atoms with Crippen LogP contribution in [0.1, 0.15) is 6.92 Å². The molecule has 0 saturated carbocycles. The third kappa shape index (κ3) is 5.04. The molecule has 0 spiro atoms. The Labute approximate surface area is 59.7 Å². The van der Waals surface area contributed by atoms with Gasteiger partial charge in [-0.25, -0.2) is 4.57 Å². The lowest BCUT2D eigenvalue weighted by Gasteiger charge is -2.15. The second-order valence-electron chi connectivity index (χ2n) is 1.42. The molecule has 2 N–H and O–H groups in total. The third-order valence-electron chi connectivity index (χ3n) is 0.557. The molecule has 0 aromatic carbocycles. The van der Waals surface area contributed by atoms with E-state index in [-0.39, 0.29) is 0 Å². The minimum atomic E-state index is -4.67. The molecule has 6 nitrogen and oxygen atoms in total. The van der Waals surface area contributed by atoms with Crippen LogP contribution in [0.4, 0.5) is 0 Å². The van der Waals surface area contributed by atoms with Gasteiger partial charge in [0.15, 0.2) is 0 Å². The van der Waals surface area contributed by atoms with Gasteiger partial charge in [-0.1, -0.05) is 0 Å². The Morgan fingerprint density at radius 3 is 2.20 bits per heavy atom. The van der Waals surface area contributed by atoms with E-state index in [0.29, 0.717) is 0 Å². The molecule has 0 saturated heterocycles. The summed E-state index contributed by atoms with van der Waals surface area (Å²) in [5, 5.41) is 0. The van der Waals surface area contributed by atoms with Crippen molar-refractivity contribution in [3.63, 3.8) is 0 Å². The molecule has 0 aromatic rings. The normalized spacial score (nSPS) is 18.4. The number of phosphoric ester groups is 1. The minimum Gasteiger partial charge on any atom is -0.770 e. The molecule has 0 bridgehead atoms. The maximum atomic E-state index is 9.94. The van der Waals surface area contributed by atoms with Crippen LogP contribution >= 0.6 is 7.82 Å². The van der Waals surface area contributed by atoms with Crippen LogP contribution in [0.2, 0.25) is 0 Å². The molecule has 62 valence electrons. The summed E-state index contributed by atoms with van der Waals surface area (Å²) in [6.45, 7) is 1.02. The fourth-order valence-electron chi connectivity index (χ4n) is 0.229. The van der Waals surface area contributed by atoms with Crippen LogP contribution < -0.4 is 0 Å². The first-order valence-corrected chi connectivity index (χ1v) is 4.82. The quantitative estimate of drug-likeness (QED) is 0.450. The zero-order chi connectivity index (χ0) is 8.36. The Morgan fingerprint density at radius 1 is 1.70 bits per heavy atom. The second kappa shape index (κ2) is 3.56. The van der Waals surface area contributed by atoms with Gasteiger partial charge in [-0.3, -0.25) is 8.73 Å². The molecule has 0 radical (unpaired) electrons. The van der Waals surface area contributed by atoms with Gasteiger partial charge in [-0.2, -0.15) is 0 Å². The number of hydrogen-bond donors (Lipinski definition) is 2. The second-order valence-corrected chi connectivity index (χ2v) is 3.80. The van der Waals surface area contributed by atoms with Gasteiger partial charge in [0.05, 0.1) is 0 Å². The smallest absolute Gasteiger partial charge is 0.470 e. The zero-order valence-electron chi connectivity index (χ0n) is 4.96. The molecule has 0 fully saturated rings. The topological polar surface area (TPSA) is 107 Å².